The van der Waals surface area contributed by atoms with Gasteiger partial charge in [-0.25, -0.2) is 14.4 Å². The summed E-state index contributed by atoms with van der Waals surface area (Å²) in [5, 5.41) is 30.1. The molecule has 10 bridgehead atoms. The van der Waals surface area contributed by atoms with E-state index >= 15 is 0 Å². The van der Waals surface area contributed by atoms with Crippen LogP contribution in [-0.4, -0.2) is 103 Å². The number of aliphatic hydroxyl groups is 2. The van der Waals surface area contributed by atoms with Gasteiger partial charge in [0, 0.05) is 63.0 Å². The van der Waals surface area contributed by atoms with E-state index < -0.39 is 81.3 Å². The quantitative estimate of drug-likeness (QED) is 0.0854. The van der Waals surface area contributed by atoms with Crippen LogP contribution in [0.15, 0.2) is 0 Å². The second-order valence-electron chi connectivity index (χ2n) is 24.3. The molecule has 7 unspecified atom stereocenters. The summed E-state index contributed by atoms with van der Waals surface area (Å²) < 4.78 is 26.7. The van der Waals surface area contributed by atoms with Gasteiger partial charge in [0.2, 0.25) is 17.3 Å². The van der Waals surface area contributed by atoms with Gasteiger partial charge in [-0.15, -0.1) is 0 Å². The molecule has 17 heteroatoms. The van der Waals surface area contributed by atoms with Gasteiger partial charge in [0.1, 0.15) is 29.0 Å². The van der Waals surface area contributed by atoms with E-state index in [1.165, 1.54) is 71.6 Å². The topological polar surface area (TPSA) is 247 Å². The first kappa shape index (κ1) is 53.9. The van der Waals surface area contributed by atoms with E-state index in [1.54, 1.807) is 0 Å². The number of ether oxygens (including phenoxy) is 5. The van der Waals surface area contributed by atoms with Crippen molar-refractivity contribution in [1.29, 1.82) is 5.26 Å². The molecule has 70 heavy (non-hydrogen) atoms. The lowest BCUT2D eigenvalue weighted by molar-refractivity contribution is -0.260. The highest BCUT2D eigenvalue weighted by molar-refractivity contribution is 7.80. The summed E-state index contributed by atoms with van der Waals surface area (Å²) in [5.41, 5.74) is -4.31. The Morgan fingerprint density at radius 2 is 1.26 bits per heavy atom. The third-order valence-corrected chi connectivity index (χ3v) is 18.3. The highest BCUT2D eigenvalue weighted by Gasteiger charge is 2.72. The number of nitrogens with zero attached hydrogens (tertiary/aromatic N) is 1. The number of fused-ring (bicyclic) bond motifs is 1. The Balaban J connectivity index is 0.000000138. The van der Waals surface area contributed by atoms with Crippen LogP contribution in [0.3, 0.4) is 0 Å². The van der Waals surface area contributed by atoms with Gasteiger partial charge < -0.3 is 33.9 Å². The summed E-state index contributed by atoms with van der Waals surface area (Å²) in [4.78, 5) is 90.4. The second-order valence-corrected chi connectivity index (χ2v) is 24.8. The highest BCUT2D eigenvalue weighted by Crippen LogP contribution is 2.65. The van der Waals surface area contributed by atoms with E-state index in [9.17, 15) is 53.8 Å². The van der Waals surface area contributed by atoms with Crippen LogP contribution in [0, 0.1) is 63.6 Å². The summed E-state index contributed by atoms with van der Waals surface area (Å²) in [5.74, 6) is -1.29. The molecule has 12 fully saturated rings. The Bertz CT molecular complexity index is 2100. The number of esters is 5. The van der Waals surface area contributed by atoms with E-state index in [0.717, 1.165) is 37.5 Å². The highest BCUT2D eigenvalue weighted by atomic mass is 32.1. The lowest BCUT2D eigenvalue weighted by atomic mass is 9.46. The largest absolute Gasteiger partial charge is 0.459 e. The van der Waals surface area contributed by atoms with Crippen molar-refractivity contribution in [3.63, 3.8) is 0 Å². The van der Waals surface area contributed by atoms with Crippen LogP contribution in [0.1, 0.15) is 177 Å². The van der Waals surface area contributed by atoms with E-state index in [4.69, 9.17) is 23.7 Å². The Labute approximate surface area is 417 Å². The lowest BCUT2D eigenvalue weighted by Gasteiger charge is -2.62. The number of rotatable bonds is 11. The first-order valence-corrected chi connectivity index (χ1v) is 26.3. The van der Waals surface area contributed by atoms with Gasteiger partial charge in [0.05, 0.1) is 23.7 Å². The van der Waals surface area contributed by atoms with Crippen LogP contribution in [0.25, 0.3) is 0 Å². The second kappa shape index (κ2) is 19.9. The molecule has 7 atom stereocenters. The Kier molecular flexibility index (Phi) is 15.3. The van der Waals surface area contributed by atoms with Crippen molar-refractivity contribution in [1.82, 2.24) is 0 Å². The number of Topliss-reactive ketones (excluding diaryl/α,β-unsaturated/α-hetero) is 3. The van der Waals surface area contributed by atoms with Crippen LogP contribution in [-0.2, 0) is 62.0 Å². The molecule has 1 heterocycles. The Hall–Kier alpha value is -3.88. The van der Waals surface area contributed by atoms with Crippen molar-refractivity contribution >= 4 is 59.8 Å². The van der Waals surface area contributed by atoms with Gasteiger partial charge in [0.15, 0.2) is 5.41 Å². The molecule has 1 saturated heterocycles. The zero-order valence-corrected chi connectivity index (χ0v) is 43.0. The van der Waals surface area contributed by atoms with Crippen LogP contribution in [0.5, 0.6) is 0 Å². The van der Waals surface area contributed by atoms with E-state index in [0.29, 0.717) is 69.5 Å². The van der Waals surface area contributed by atoms with Crippen molar-refractivity contribution in [2.45, 2.75) is 217 Å². The monoisotopic (exact) mass is 997 g/mol. The first-order valence-electron chi connectivity index (χ1n) is 25.7. The lowest BCUT2D eigenvalue weighted by Crippen LogP contribution is -2.67. The molecule has 0 radical (unpaired) electrons. The maximum absolute atomic E-state index is 11.9. The van der Waals surface area contributed by atoms with Gasteiger partial charge in [0.25, 0.3) is 0 Å². The third-order valence-electron chi connectivity index (χ3n) is 18.1. The fourth-order valence-electron chi connectivity index (χ4n) is 15.7. The van der Waals surface area contributed by atoms with Crippen LogP contribution < -0.4 is 0 Å². The summed E-state index contributed by atoms with van der Waals surface area (Å²) in [6.45, 7) is 11.7. The van der Waals surface area contributed by atoms with Gasteiger partial charge in [-0.3, -0.25) is 24.0 Å². The molecule has 0 aromatic heterocycles. The summed E-state index contributed by atoms with van der Waals surface area (Å²) in [6, 6.07) is 2.06. The normalized spacial score (nSPS) is 38.8. The number of hydrogen-bond donors (Lipinski definition) is 3. The molecular weight excluding hydrogens is 923 g/mol. The van der Waals surface area contributed by atoms with E-state index in [2.05, 4.69) is 32.5 Å². The van der Waals surface area contributed by atoms with Crippen molar-refractivity contribution in [2.75, 3.05) is 5.75 Å². The van der Waals surface area contributed by atoms with E-state index in [-0.39, 0.29) is 34.7 Å². The van der Waals surface area contributed by atoms with Gasteiger partial charge in [-0.2, -0.15) is 17.9 Å². The molecule has 0 spiro atoms. The van der Waals surface area contributed by atoms with Crippen molar-refractivity contribution in [3.8, 4) is 6.07 Å². The van der Waals surface area contributed by atoms with Crippen molar-refractivity contribution in [2.24, 2.45) is 52.3 Å². The average Bonchev–Trinajstić information content (AvgIpc) is 3.85. The summed E-state index contributed by atoms with van der Waals surface area (Å²) >= 11 is 4.13. The van der Waals surface area contributed by atoms with Crippen molar-refractivity contribution < 1.29 is 72.3 Å². The molecule has 12 rings (SSSR count). The van der Waals surface area contributed by atoms with Crippen LogP contribution in [0.2, 0.25) is 0 Å². The molecule has 0 amide bonds. The first-order chi connectivity index (χ1) is 32.6. The Morgan fingerprint density at radius 3 is 1.74 bits per heavy atom. The number of thiol groups is 1. The van der Waals surface area contributed by atoms with Gasteiger partial charge in [-0.05, 0) is 141 Å². The molecule has 16 nitrogen and oxygen atoms in total. The maximum atomic E-state index is 11.9. The molecule has 11 aliphatic carbocycles. The molecule has 0 aromatic carbocycles. The molecule has 0 aromatic rings. The molecule has 388 valence electrons. The van der Waals surface area contributed by atoms with E-state index in [1.807, 2.05) is 13.8 Å². The average molecular weight is 998 g/mol. The summed E-state index contributed by atoms with van der Waals surface area (Å²) in [6.07, 6.45) is 17.3. The standard InChI is InChI=1S/C16H26O2S.C13H18O5.C12H11NO5.C12H20O3/c1-15(2,18-14(17)3-4-19)16-8-11-5-12(9-16)7-13(6-11)10-16;1-8(14)10(15)18-13-4-9-2-11(16,6-13)5-12(17,3-9)7-13;1-5(14)10(15)17-8-6-2-7-9(8)18-11(16)12(7,3-6)4-13;1-9(13)11(14)15-12(2,3)10-7-5-4-6-8-10/h11-13,19H,3-10H2,1-2H3;9,16-17H,2-7H2,1H3;6-9H,2-3H2,1H3;10H,4-8H2,1-3H3. The van der Waals surface area contributed by atoms with Crippen LogP contribution >= 0.6 is 12.6 Å². The fourth-order valence-corrected chi connectivity index (χ4v) is 15.9. The van der Waals surface area contributed by atoms with Crippen molar-refractivity contribution in [3.05, 3.63) is 0 Å². The minimum absolute atomic E-state index is 0.0607. The number of ketones is 3. The maximum Gasteiger partial charge on any atom is 0.374 e. The predicted molar refractivity (Wildman–Crippen MR) is 252 cm³/mol. The minimum atomic E-state index is -1.05. The number of nitriles is 1. The molecule has 2 N–H and O–H groups in total. The zero-order valence-electron chi connectivity index (χ0n) is 42.1. The smallest absolute Gasteiger partial charge is 0.374 e. The molecule has 11 saturated carbocycles. The number of carbonyl (C=O) groups excluding carboxylic acids is 8. The molecule has 12 aliphatic rings. The zero-order chi connectivity index (χ0) is 51.4. The number of carbonyl (C=O) groups is 8. The van der Waals surface area contributed by atoms with Gasteiger partial charge in [-0.1, -0.05) is 19.3 Å². The van der Waals surface area contributed by atoms with Gasteiger partial charge >= 0.3 is 29.8 Å². The third kappa shape index (κ3) is 10.9. The van der Waals surface area contributed by atoms with Crippen LogP contribution in [0.4, 0.5) is 0 Å². The fraction of sp³-hybridized carbons (Fsp3) is 0.830. The molecular formula is C53H75NO15S. The SMILES string of the molecule is CC(=O)C(=O)OC(C)(C)C1CCCCC1.CC(=O)C(=O)OC12CC3CC(O)(CC(O)(C3)C1)C2.CC(=O)C(=O)OC1C2CC3C1OC(=O)C3(C#N)C2.CC(C)(OC(=O)CCS)C12CC3CC(CC(C3)C1)C2. The Morgan fingerprint density at radius 1 is 0.714 bits per heavy atom. The minimum Gasteiger partial charge on any atom is -0.459 e. The molecule has 1 aliphatic heterocycles. The predicted octanol–water partition coefficient (Wildman–Crippen LogP) is 6.60. The summed E-state index contributed by atoms with van der Waals surface area (Å²) in [7, 11) is 0. The number of hydrogen-bond acceptors (Lipinski definition) is 17.